The number of nitrogens with zero attached hydrogens (tertiary/aromatic N) is 2. The Balaban J connectivity index is 1.37. The van der Waals surface area contributed by atoms with Crippen molar-refractivity contribution in [3.05, 3.63) is 78.9 Å². The molecule has 1 aromatic heterocycles. The molecule has 0 spiro atoms. The molecule has 0 aliphatic rings. The zero-order valence-corrected chi connectivity index (χ0v) is 17.8. The van der Waals surface area contributed by atoms with E-state index >= 15 is 0 Å². The van der Waals surface area contributed by atoms with Crippen LogP contribution in [0.4, 0.5) is 5.69 Å². The van der Waals surface area contributed by atoms with Crippen molar-refractivity contribution in [1.82, 2.24) is 10.2 Å². The molecule has 0 atom stereocenters. The highest BCUT2D eigenvalue weighted by Crippen LogP contribution is 2.28. The van der Waals surface area contributed by atoms with Crippen molar-refractivity contribution >= 4 is 23.4 Å². The van der Waals surface area contributed by atoms with Crippen LogP contribution in [0.15, 0.2) is 88.5 Å². The molecule has 0 aliphatic carbocycles. The van der Waals surface area contributed by atoms with E-state index in [1.807, 2.05) is 85.8 Å². The Labute approximate surface area is 184 Å². The summed E-state index contributed by atoms with van der Waals surface area (Å²) in [4.78, 5) is 12.5. The van der Waals surface area contributed by atoms with E-state index in [2.05, 4.69) is 15.5 Å². The van der Waals surface area contributed by atoms with Gasteiger partial charge in [0.25, 0.3) is 5.22 Å². The molecule has 0 unspecified atom stereocenters. The number of aromatic nitrogens is 2. The first-order chi connectivity index (χ1) is 15.2. The van der Waals surface area contributed by atoms with E-state index in [0.29, 0.717) is 17.7 Å². The predicted octanol–water partition coefficient (Wildman–Crippen LogP) is 5.53. The van der Waals surface area contributed by atoms with Crippen LogP contribution >= 0.6 is 11.8 Å². The number of ether oxygens (including phenoxy) is 1. The highest BCUT2D eigenvalue weighted by molar-refractivity contribution is 7.99. The van der Waals surface area contributed by atoms with Crippen molar-refractivity contribution in [1.29, 1.82) is 0 Å². The molecule has 31 heavy (non-hydrogen) atoms. The fraction of sp³-hybridized carbons (Fsp3) is 0.125. The highest BCUT2D eigenvalue weighted by Gasteiger charge is 2.13. The van der Waals surface area contributed by atoms with Crippen molar-refractivity contribution in [2.75, 3.05) is 17.7 Å². The van der Waals surface area contributed by atoms with Crippen LogP contribution in [0.25, 0.3) is 22.6 Å². The average Bonchev–Trinajstić information content (AvgIpc) is 3.29. The second-order valence-electron chi connectivity index (χ2n) is 6.58. The Kier molecular flexibility index (Phi) is 6.64. The first kappa shape index (κ1) is 20.7. The van der Waals surface area contributed by atoms with E-state index in [1.54, 1.807) is 0 Å². The number of thioether (sulfide) groups is 1. The minimum atomic E-state index is -0.144. The van der Waals surface area contributed by atoms with E-state index < -0.39 is 0 Å². The lowest BCUT2D eigenvalue weighted by Crippen LogP contribution is -2.14. The molecule has 0 saturated carbocycles. The maximum Gasteiger partial charge on any atom is 0.277 e. The molecular formula is C24H21N3O3S. The van der Waals surface area contributed by atoms with E-state index in [1.165, 1.54) is 11.8 Å². The first-order valence-corrected chi connectivity index (χ1v) is 10.9. The van der Waals surface area contributed by atoms with E-state index in [9.17, 15) is 4.79 Å². The van der Waals surface area contributed by atoms with Gasteiger partial charge in [0, 0.05) is 16.8 Å². The van der Waals surface area contributed by atoms with Crippen molar-refractivity contribution < 1.29 is 13.9 Å². The Hall–Kier alpha value is -3.58. The number of anilines is 1. The Morgan fingerprint density at radius 1 is 0.935 bits per heavy atom. The minimum absolute atomic E-state index is 0.144. The number of carbonyl (C=O) groups is 1. The number of rotatable bonds is 8. The molecule has 1 amide bonds. The van der Waals surface area contributed by atoms with Crippen molar-refractivity contribution in [2.24, 2.45) is 0 Å². The zero-order chi connectivity index (χ0) is 21.5. The van der Waals surface area contributed by atoms with Gasteiger partial charge in [-0.05, 0) is 42.8 Å². The third-order valence-electron chi connectivity index (χ3n) is 4.43. The summed E-state index contributed by atoms with van der Waals surface area (Å²) in [5.41, 5.74) is 3.57. The van der Waals surface area contributed by atoms with Gasteiger partial charge in [-0.25, -0.2) is 0 Å². The molecule has 7 heteroatoms. The lowest BCUT2D eigenvalue weighted by Gasteiger charge is -2.10. The molecular weight excluding hydrogens is 410 g/mol. The number of amides is 1. The maximum atomic E-state index is 12.5. The fourth-order valence-electron chi connectivity index (χ4n) is 3.02. The molecule has 1 N–H and O–H groups in total. The van der Waals surface area contributed by atoms with Gasteiger partial charge < -0.3 is 14.5 Å². The summed E-state index contributed by atoms with van der Waals surface area (Å²) in [6, 6.07) is 25.1. The second-order valence-corrected chi connectivity index (χ2v) is 7.51. The summed E-state index contributed by atoms with van der Waals surface area (Å²) in [5.74, 6) is 1.20. The summed E-state index contributed by atoms with van der Waals surface area (Å²) in [5, 5.41) is 11.4. The molecule has 4 rings (SSSR count). The first-order valence-electron chi connectivity index (χ1n) is 9.87. The van der Waals surface area contributed by atoms with E-state index in [4.69, 9.17) is 9.15 Å². The topological polar surface area (TPSA) is 77.2 Å². The number of hydrogen-bond acceptors (Lipinski definition) is 6. The lowest BCUT2D eigenvalue weighted by molar-refractivity contribution is -0.113. The summed E-state index contributed by atoms with van der Waals surface area (Å²) in [6.07, 6.45) is 0. The van der Waals surface area contributed by atoms with Crippen molar-refractivity contribution in [2.45, 2.75) is 12.1 Å². The van der Waals surface area contributed by atoms with Gasteiger partial charge in [-0.15, -0.1) is 10.2 Å². The van der Waals surface area contributed by atoms with Gasteiger partial charge in [-0.1, -0.05) is 60.3 Å². The largest absolute Gasteiger partial charge is 0.494 e. The molecule has 0 aliphatic heterocycles. The second kappa shape index (κ2) is 9.95. The Morgan fingerprint density at radius 3 is 2.45 bits per heavy atom. The van der Waals surface area contributed by atoms with Crippen LogP contribution < -0.4 is 10.1 Å². The number of hydrogen-bond donors (Lipinski definition) is 1. The molecule has 0 fully saturated rings. The predicted molar refractivity (Wildman–Crippen MR) is 122 cm³/mol. The van der Waals surface area contributed by atoms with Gasteiger partial charge in [0.05, 0.1) is 12.4 Å². The zero-order valence-electron chi connectivity index (χ0n) is 16.9. The van der Waals surface area contributed by atoms with Crippen LogP contribution in [0.2, 0.25) is 0 Å². The monoisotopic (exact) mass is 431 g/mol. The molecule has 4 aromatic rings. The Bertz CT molecular complexity index is 1140. The number of nitrogens with one attached hydrogen (secondary N) is 1. The van der Waals surface area contributed by atoms with Crippen LogP contribution in [0.3, 0.4) is 0 Å². The standard InChI is InChI=1S/C24H21N3O3S/c1-2-29-19-14-12-18(13-15-19)23-26-27-24(30-23)31-16-22(28)25-21-11-7-6-10-20(21)17-8-4-3-5-9-17/h3-15H,2,16H2,1H3,(H,25,28). The van der Waals surface area contributed by atoms with Gasteiger partial charge in [0.2, 0.25) is 11.8 Å². The molecule has 0 radical (unpaired) electrons. The normalized spacial score (nSPS) is 10.6. The van der Waals surface area contributed by atoms with Gasteiger partial charge in [-0.3, -0.25) is 4.79 Å². The van der Waals surface area contributed by atoms with Crippen molar-refractivity contribution in [3.63, 3.8) is 0 Å². The smallest absolute Gasteiger partial charge is 0.277 e. The van der Waals surface area contributed by atoms with Gasteiger partial charge in [0.1, 0.15) is 5.75 Å². The number of para-hydroxylation sites is 1. The third kappa shape index (κ3) is 5.32. The van der Waals surface area contributed by atoms with Crippen molar-refractivity contribution in [3.8, 4) is 28.3 Å². The Morgan fingerprint density at radius 2 is 1.68 bits per heavy atom. The summed E-state index contributed by atoms with van der Waals surface area (Å²) >= 11 is 1.20. The molecule has 3 aromatic carbocycles. The SMILES string of the molecule is CCOc1ccc(-c2nnc(SCC(=O)Nc3ccccc3-c3ccccc3)o2)cc1. The molecule has 156 valence electrons. The van der Waals surface area contributed by atoms with Gasteiger partial charge >= 0.3 is 0 Å². The van der Waals surface area contributed by atoms with Crippen LogP contribution in [0.1, 0.15) is 6.92 Å². The van der Waals surface area contributed by atoms with Crippen LogP contribution in [-0.4, -0.2) is 28.5 Å². The highest BCUT2D eigenvalue weighted by atomic mass is 32.2. The summed E-state index contributed by atoms with van der Waals surface area (Å²) in [7, 11) is 0. The lowest BCUT2D eigenvalue weighted by atomic mass is 10.0. The molecule has 6 nitrogen and oxygen atoms in total. The molecule has 0 bridgehead atoms. The average molecular weight is 432 g/mol. The van der Waals surface area contributed by atoms with Gasteiger partial charge in [-0.2, -0.15) is 0 Å². The van der Waals surface area contributed by atoms with Crippen LogP contribution in [-0.2, 0) is 4.79 Å². The molecule has 0 saturated heterocycles. The molecule has 1 heterocycles. The summed E-state index contributed by atoms with van der Waals surface area (Å²) in [6.45, 7) is 2.55. The third-order valence-corrected chi connectivity index (χ3v) is 5.25. The quantitative estimate of drug-likeness (QED) is 0.370. The van der Waals surface area contributed by atoms with Crippen LogP contribution in [0, 0.1) is 0 Å². The van der Waals surface area contributed by atoms with Crippen LogP contribution in [0.5, 0.6) is 5.75 Å². The maximum absolute atomic E-state index is 12.5. The summed E-state index contributed by atoms with van der Waals surface area (Å²) < 4.78 is 11.1. The van der Waals surface area contributed by atoms with Gasteiger partial charge in [0.15, 0.2) is 0 Å². The van der Waals surface area contributed by atoms with E-state index in [-0.39, 0.29) is 11.7 Å². The van der Waals surface area contributed by atoms with E-state index in [0.717, 1.165) is 28.1 Å². The number of benzene rings is 3. The fourth-order valence-corrected chi connectivity index (χ4v) is 3.58. The number of carbonyl (C=O) groups excluding carboxylic acids is 1. The minimum Gasteiger partial charge on any atom is -0.494 e.